The summed E-state index contributed by atoms with van der Waals surface area (Å²) in [5.41, 5.74) is 1.84. The summed E-state index contributed by atoms with van der Waals surface area (Å²) < 4.78 is 10.9. The summed E-state index contributed by atoms with van der Waals surface area (Å²) in [6, 6.07) is 0. The van der Waals surface area contributed by atoms with E-state index >= 15 is 0 Å². The Morgan fingerprint density at radius 2 is 1.12 bits per heavy atom. The highest BCUT2D eigenvalue weighted by Gasteiger charge is 2.11. The molecule has 0 aliphatic heterocycles. The molecular weight excluding hydrogens is 244 g/mol. The number of nitrogens with zero attached hydrogens (tertiary/aromatic N) is 2. The number of aryl methyl sites for hydroxylation is 4. The van der Waals surface area contributed by atoms with Crippen molar-refractivity contribution in [3.63, 3.8) is 0 Å². The molecule has 0 atom stereocenters. The zero-order valence-corrected chi connectivity index (χ0v) is 11.2. The third-order valence-corrected chi connectivity index (χ3v) is 4.03. The molecule has 2 aromatic rings. The van der Waals surface area contributed by atoms with Gasteiger partial charge in [0.25, 0.3) is 10.4 Å². The minimum absolute atomic E-state index is 0.633. The molecule has 0 N–H and O–H groups in total. The van der Waals surface area contributed by atoms with Crippen molar-refractivity contribution in [2.24, 2.45) is 0 Å². The fourth-order valence-corrected chi connectivity index (χ4v) is 2.69. The lowest BCUT2D eigenvalue weighted by atomic mass is 10.4. The van der Waals surface area contributed by atoms with Crippen molar-refractivity contribution in [2.45, 2.75) is 38.1 Å². The lowest BCUT2D eigenvalue weighted by Crippen LogP contribution is -1.72. The Labute approximate surface area is 102 Å². The monoisotopic (exact) mass is 256 g/mol. The van der Waals surface area contributed by atoms with Crippen LogP contribution in [0, 0.1) is 27.7 Å². The van der Waals surface area contributed by atoms with E-state index in [1.807, 2.05) is 27.7 Å². The smallest absolute Gasteiger partial charge is 0.267 e. The van der Waals surface area contributed by atoms with Gasteiger partial charge in [-0.15, -0.1) is 0 Å². The maximum absolute atomic E-state index is 5.43. The Balaban J connectivity index is 2.02. The van der Waals surface area contributed by atoms with Gasteiger partial charge in [0, 0.05) is 21.6 Å². The van der Waals surface area contributed by atoms with Gasteiger partial charge in [0.15, 0.2) is 0 Å². The Hall–Kier alpha value is -0.880. The Morgan fingerprint density at radius 3 is 1.38 bits per heavy atom. The van der Waals surface area contributed by atoms with E-state index in [2.05, 4.69) is 9.97 Å². The Morgan fingerprint density at radius 1 is 0.750 bits per heavy atom. The highest BCUT2D eigenvalue weighted by atomic mass is 33.1. The molecule has 0 saturated heterocycles. The molecule has 0 amide bonds. The SMILES string of the molecule is Cc1nc(SSc2nc(C)c(C)o2)oc1C. The van der Waals surface area contributed by atoms with Crippen LogP contribution in [0.15, 0.2) is 19.3 Å². The predicted octanol–water partition coefficient (Wildman–Crippen LogP) is 3.70. The van der Waals surface area contributed by atoms with Crippen LogP contribution in [0.2, 0.25) is 0 Å². The first-order chi connectivity index (χ1) is 7.56. The van der Waals surface area contributed by atoms with E-state index in [-0.39, 0.29) is 0 Å². The van der Waals surface area contributed by atoms with Crippen molar-refractivity contribution in [1.29, 1.82) is 0 Å². The average molecular weight is 256 g/mol. The van der Waals surface area contributed by atoms with Crippen molar-refractivity contribution in [3.05, 3.63) is 22.9 Å². The van der Waals surface area contributed by atoms with Crippen molar-refractivity contribution in [3.8, 4) is 0 Å². The van der Waals surface area contributed by atoms with Gasteiger partial charge < -0.3 is 8.83 Å². The van der Waals surface area contributed by atoms with Gasteiger partial charge in [0.05, 0.1) is 11.4 Å². The van der Waals surface area contributed by atoms with Crippen molar-refractivity contribution in [1.82, 2.24) is 9.97 Å². The zero-order valence-electron chi connectivity index (χ0n) is 9.53. The molecule has 86 valence electrons. The van der Waals surface area contributed by atoms with Gasteiger partial charge in [-0.3, -0.25) is 0 Å². The van der Waals surface area contributed by atoms with E-state index in [1.165, 1.54) is 21.6 Å². The molecule has 16 heavy (non-hydrogen) atoms. The lowest BCUT2D eigenvalue weighted by Gasteiger charge is -1.89. The molecule has 0 aliphatic carbocycles. The Kier molecular flexibility index (Phi) is 3.30. The Bertz CT molecular complexity index is 420. The summed E-state index contributed by atoms with van der Waals surface area (Å²) in [5.74, 6) is 1.70. The fraction of sp³-hybridized carbons (Fsp3) is 0.400. The predicted molar refractivity (Wildman–Crippen MR) is 63.7 cm³/mol. The zero-order chi connectivity index (χ0) is 11.7. The quantitative estimate of drug-likeness (QED) is 0.780. The summed E-state index contributed by atoms with van der Waals surface area (Å²) in [5, 5.41) is 1.27. The molecule has 0 aliphatic rings. The summed E-state index contributed by atoms with van der Waals surface area (Å²) >= 11 is 0. The van der Waals surface area contributed by atoms with Crippen LogP contribution in [0.4, 0.5) is 0 Å². The van der Waals surface area contributed by atoms with E-state index in [1.54, 1.807) is 0 Å². The average Bonchev–Trinajstić information content (AvgIpc) is 2.70. The van der Waals surface area contributed by atoms with Crippen LogP contribution in [0.5, 0.6) is 0 Å². The maximum atomic E-state index is 5.43. The minimum atomic E-state index is 0.633. The number of hydrogen-bond donors (Lipinski definition) is 0. The van der Waals surface area contributed by atoms with Crippen LogP contribution in [-0.2, 0) is 0 Å². The van der Waals surface area contributed by atoms with Gasteiger partial charge in [-0.05, 0) is 27.7 Å². The molecule has 0 radical (unpaired) electrons. The second-order valence-electron chi connectivity index (χ2n) is 3.41. The van der Waals surface area contributed by atoms with Crippen LogP contribution >= 0.6 is 21.6 Å². The van der Waals surface area contributed by atoms with E-state index in [0.717, 1.165) is 22.9 Å². The van der Waals surface area contributed by atoms with Crippen molar-refractivity contribution in [2.75, 3.05) is 0 Å². The van der Waals surface area contributed by atoms with Gasteiger partial charge in [-0.2, -0.15) is 0 Å². The van der Waals surface area contributed by atoms with Gasteiger partial charge in [0.1, 0.15) is 11.5 Å². The third-order valence-electron chi connectivity index (χ3n) is 2.20. The number of hydrogen-bond acceptors (Lipinski definition) is 6. The number of oxazole rings is 2. The fourth-order valence-electron chi connectivity index (χ4n) is 1.03. The molecule has 4 nitrogen and oxygen atoms in total. The van der Waals surface area contributed by atoms with E-state index in [4.69, 9.17) is 8.83 Å². The van der Waals surface area contributed by atoms with E-state index in [9.17, 15) is 0 Å². The molecule has 2 aromatic heterocycles. The molecule has 0 unspecified atom stereocenters. The second-order valence-corrected chi connectivity index (χ2v) is 5.44. The molecule has 2 heterocycles. The van der Waals surface area contributed by atoms with Crippen molar-refractivity contribution >= 4 is 21.6 Å². The molecule has 0 aromatic carbocycles. The van der Waals surface area contributed by atoms with Crippen LogP contribution in [0.25, 0.3) is 0 Å². The second kappa shape index (κ2) is 4.55. The molecular formula is C10H12N2O2S2. The first kappa shape index (κ1) is 11.6. The highest BCUT2D eigenvalue weighted by molar-refractivity contribution is 8.76. The molecule has 0 fully saturated rings. The summed E-state index contributed by atoms with van der Waals surface area (Å²) in [6.45, 7) is 7.65. The van der Waals surface area contributed by atoms with Crippen LogP contribution in [0.3, 0.4) is 0 Å². The highest BCUT2D eigenvalue weighted by Crippen LogP contribution is 2.37. The largest absolute Gasteiger partial charge is 0.436 e. The molecule has 6 heteroatoms. The lowest BCUT2D eigenvalue weighted by molar-refractivity contribution is 0.429. The molecule has 0 spiro atoms. The van der Waals surface area contributed by atoms with Gasteiger partial charge in [0.2, 0.25) is 0 Å². The number of rotatable bonds is 3. The minimum Gasteiger partial charge on any atom is -0.436 e. The summed E-state index contributed by atoms with van der Waals surface area (Å²) in [7, 11) is 2.83. The first-order valence-corrected chi connectivity index (χ1v) is 6.94. The van der Waals surface area contributed by atoms with Crippen LogP contribution in [0.1, 0.15) is 22.9 Å². The summed E-state index contributed by atoms with van der Waals surface area (Å²) in [4.78, 5) is 8.52. The van der Waals surface area contributed by atoms with Crippen LogP contribution in [-0.4, -0.2) is 9.97 Å². The maximum Gasteiger partial charge on any atom is 0.267 e. The van der Waals surface area contributed by atoms with Gasteiger partial charge in [-0.25, -0.2) is 9.97 Å². The first-order valence-electron chi connectivity index (χ1n) is 4.79. The van der Waals surface area contributed by atoms with Gasteiger partial charge >= 0.3 is 0 Å². The van der Waals surface area contributed by atoms with E-state index < -0.39 is 0 Å². The van der Waals surface area contributed by atoms with E-state index in [0.29, 0.717) is 10.4 Å². The van der Waals surface area contributed by atoms with Crippen molar-refractivity contribution < 1.29 is 8.83 Å². The standard InChI is InChI=1S/C10H12N2O2S2/c1-5-7(3)13-9(11-5)15-16-10-12-6(2)8(4)14-10/h1-4H3. The molecule has 0 saturated carbocycles. The number of aromatic nitrogens is 2. The normalized spacial score (nSPS) is 11.0. The van der Waals surface area contributed by atoms with Gasteiger partial charge in [-0.1, -0.05) is 0 Å². The third kappa shape index (κ3) is 2.44. The van der Waals surface area contributed by atoms with Crippen LogP contribution < -0.4 is 0 Å². The summed E-state index contributed by atoms with van der Waals surface area (Å²) in [6.07, 6.45) is 0. The molecule has 2 rings (SSSR count). The topological polar surface area (TPSA) is 52.1 Å². The molecule has 0 bridgehead atoms.